The average Bonchev–Trinajstić information content (AvgIpc) is 2.51. The number of hydrazine groups is 1. The van der Waals surface area contributed by atoms with Crippen LogP contribution in [0.1, 0.15) is 6.92 Å². The number of carbonyl (C=O) groups excluding carboxylic acids is 1. The highest BCUT2D eigenvalue weighted by molar-refractivity contribution is 7.99. The first-order valence-electron chi connectivity index (χ1n) is 6.38. The number of fused-ring (bicyclic) bond motifs is 2. The van der Waals surface area contributed by atoms with E-state index in [1.165, 1.54) is 0 Å². The first kappa shape index (κ1) is 13.0. The topological polar surface area (TPSA) is 58.4 Å². The molecule has 0 saturated carbocycles. The van der Waals surface area contributed by atoms with Gasteiger partial charge in [0.25, 0.3) is 5.91 Å². The molecule has 1 aliphatic heterocycles. The molecule has 1 heterocycles. The van der Waals surface area contributed by atoms with E-state index in [1.807, 2.05) is 48.2 Å². The van der Waals surface area contributed by atoms with Crippen LogP contribution in [-0.2, 0) is 4.79 Å². The van der Waals surface area contributed by atoms with Crippen molar-refractivity contribution >= 4 is 29.0 Å². The third-order valence-electron chi connectivity index (χ3n) is 3.38. The second-order valence-corrected chi connectivity index (χ2v) is 5.68. The Morgan fingerprint density at radius 2 is 1.60 bits per heavy atom. The van der Waals surface area contributed by atoms with Gasteiger partial charge < -0.3 is 4.90 Å². The fourth-order valence-electron chi connectivity index (χ4n) is 2.39. The Bertz CT molecular complexity index is 614. The molecule has 0 saturated heterocycles. The lowest BCUT2D eigenvalue weighted by Gasteiger charge is -2.36. The van der Waals surface area contributed by atoms with Crippen molar-refractivity contribution < 1.29 is 4.79 Å². The van der Waals surface area contributed by atoms with Crippen LogP contribution < -0.4 is 16.2 Å². The van der Waals surface area contributed by atoms with Gasteiger partial charge in [0.1, 0.15) is 6.04 Å². The Kier molecular flexibility index (Phi) is 3.38. The summed E-state index contributed by atoms with van der Waals surface area (Å²) in [5.74, 6) is 5.08. The molecule has 1 atom stereocenters. The van der Waals surface area contributed by atoms with Gasteiger partial charge in [0.05, 0.1) is 11.4 Å². The number of nitrogens with zero attached hydrogens (tertiary/aromatic N) is 1. The lowest BCUT2D eigenvalue weighted by atomic mass is 10.1. The zero-order chi connectivity index (χ0) is 14.1. The maximum absolute atomic E-state index is 11.9. The minimum absolute atomic E-state index is 0.207. The van der Waals surface area contributed by atoms with Crippen LogP contribution in [0.5, 0.6) is 0 Å². The molecule has 5 heteroatoms. The van der Waals surface area contributed by atoms with Crippen LogP contribution >= 0.6 is 11.8 Å². The summed E-state index contributed by atoms with van der Waals surface area (Å²) in [5, 5.41) is 0. The number of nitrogens with one attached hydrogen (secondary N) is 1. The van der Waals surface area contributed by atoms with Crippen LogP contribution in [0.3, 0.4) is 0 Å². The minimum atomic E-state index is -0.372. The summed E-state index contributed by atoms with van der Waals surface area (Å²) in [5.41, 5.74) is 4.31. The molecule has 0 spiro atoms. The molecule has 0 aromatic heterocycles. The van der Waals surface area contributed by atoms with Gasteiger partial charge in [-0.25, -0.2) is 5.84 Å². The van der Waals surface area contributed by atoms with Crippen molar-refractivity contribution in [2.24, 2.45) is 5.84 Å². The van der Waals surface area contributed by atoms with Gasteiger partial charge in [-0.2, -0.15) is 0 Å². The monoisotopic (exact) mass is 285 g/mol. The van der Waals surface area contributed by atoms with Gasteiger partial charge in [-0.1, -0.05) is 36.0 Å². The number of para-hydroxylation sites is 2. The largest absolute Gasteiger partial charge is 0.327 e. The van der Waals surface area contributed by atoms with Crippen LogP contribution in [0, 0.1) is 0 Å². The van der Waals surface area contributed by atoms with E-state index in [0.717, 1.165) is 21.2 Å². The van der Waals surface area contributed by atoms with Crippen LogP contribution in [0.25, 0.3) is 0 Å². The Morgan fingerprint density at radius 1 is 1.10 bits per heavy atom. The number of rotatable bonds is 2. The summed E-state index contributed by atoms with van der Waals surface area (Å²) >= 11 is 1.72. The number of amides is 1. The number of hydrogen-bond acceptors (Lipinski definition) is 4. The summed E-state index contributed by atoms with van der Waals surface area (Å²) in [6.07, 6.45) is 0. The van der Waals surface area contributed by atoms with Crippen LogP contribution in [0.4, 0.5) is 11.4 Å². The zero-order valence-electron chi connectivity index (χ0n) is 11.0. The molecule has 3 rings (SSSR count). The molecule has 4 nitrogen and oxygen atoms in total. The Balaban J connectivity index is 2.15. The third-order valence-corrected chi connectivity index (χ3v) is 4.51. The average molecular weight is 285 g/mol. The summed E-state index contributed by atoms with van der Waals surface area (Å²) in [6.45, 7) is 1.85. The minimum Gasteiger partial charge on any atom is -0.327 e. The first-order valence-corrected chi connectivity index (χ1v) is 7.19. The highest BCUT2D eigenvalue weighted by Crippen LogP contribution is 2.48. The molecular weight excluding hydrogens is 270 g/mol. The normalized spacial score (nSPS) is 14.2. The van der Waals surface area contributed by atoms with E-state index >= 15 is 0 Å². The van der Waals surface area contributed by atoms with Gasteiger partial charge in [-0.3, -0.25) is 10.2 Å². The van der Waals surface area contributed by atoms with Crippen LogP contribution in [0.2, 0.25) is 0 Å². The highest BCUT2D eigenvalue weighted by atomic mass is 32.2. The fourth-order valence-corrected chi connectivity index (χ4v) is 3.46. The Labute approximate surface area is 121 Å². The predicted molar refractivity (Wildman–Crippen MR) is 80.9 cm³/mol. The lowest BCUT2D eigenvalue weighted by Crippen LogP contribution is -2.46. The van der Waals surface area contributed by atoms with Crippen LogP contribution in [-0.4, -0.2) is 11.9 Å². The summed E-state index contributed by atoms with van der Waals surface area (Å²) in [6, 6.07) is 15.8. The molecule has 0 radical (unpaired) electrons. The van der Waals surface area contributed by atoms with Crippen molar-refractivity contribution in [3.05, 3.63) is 48.5 Å². The zero-order valence-corrected chi connectivity index (χ0v) is 11.9. The SMILES string of the molecule is CC(C(=O)NN)N1c2ccccc2Sc2ccccc21. The second kappa shape index (κ2) is 5.19. The highest BCUT2D eigenvalue weighted by Gasteiger charge is 2.29. The van der Waals surface area contributed by atoms with E-state index in [4.69, 9.17) is 5.84 Å². The van der Waals surface area contributed by atoms with Crippen molar-refractivity contribution in [3.63, 3.8) is 0 Å². The first-order chi connectivity index (χ1) is 9.72. The van der Waals surface area contributed by atoms with Crippen LogP contribution in [0.15, 0.2) is 58.3 Å². The van der Waals surface area contributed by atoms with Crippen molar-refractivity contribution in [2.75, 3.05) is 4.90 Å². The van der Waals surface area contributed by atoms with Crippen molar-refractivity contribution in [1.29, 1.82) is 0 Å². The summed E-state index contributed by atoms with van der Waals surface area (Å²) in [7, 11) is 0. The Morgan fingerprint density at radius 3 is 2.10 bits per heavy atom. The van der Waals surface area contributed by atoms with Gasteiger partial charge >= 0.3 is 0 Å². The van der Waals surface area contributed by atoms with Gasteiger partial charge in [0, 0.05) is 9.79 Å². The standard InChI is InChI=1S/C15H15N3OS/c1-10(15(19)17-16)18-11-6-2-4-8-13(11)20-14-9-5-3-7-12(14)18/h2-10H,16H2,1H3,(H,17,19). The summed E-state index contributed by atoms with van der Waals surface area (Å²) in [4.78, 5) is 16.3. The number of carbonyl (C=O) groups is 1. The molecule has 102 valence electrons. The molecule has 0 fully saturated rings. The lowest BCUT2D eigenvalue weighted by molar-refractivity contribution is -0.122. The molecule has 0 aliphatic carbocycles. The predicted octanol–water partition coefficient (Wildman–Crippen LogP) is 2.67. The number of hydrogen-bond donors (Lipinski definition) is 2. The van der Waals surface area contributed by atoms with E-state index in [0.29, 0.717) is 0 Å². The van der Waals surface area contributed by atoms with Crippen molar-refractivity contribution in [3.8, 4) is 0 Å². The molecule has 3 N–H and O–H groups in total. The van der Waals surface area contributed by atoms with Gasteiger partial charge in [0.2, 0.25) is 0 Å². The van der Waals surface area contributed by atoms with Gasteiger partial charge in [-0.05, 0) is 31.2 Å². The molecule has 2 aromatic carbocycles. The second-order valence-electron chi connectivity index (χ2n) is 4.59. The molecule has 1 unspecified atom stereocenters. The van der Waals surface area contributed by atoms with Crippen molar-refractivity contribution in [2.45, 2.75) is 22.8 Å². The van der Waals surface area contributed by atoms with E-state index in [2.05, 4.69) is 17.6 Å². The maximum Gasteiger partial charge on any atom is 0.256 e. The van der Waals surface area contributed by atoms with E-state index in [9.17, 15) is 4.79 Å². The smallest absolute Gasteiger partial charge is 0.256 e. The van der Waals surface area contributed by atoms with Crippen molar-refractivity contribution in [1.82, 2.24) is 5.43 Å². The van der Waals surface area contributed by atoms with Gasteiger partial charge in [-0.15, -0.1) is 0 Å². The molecule has 2 aromatic rings. The third kappa shape index (κ3) is 2.05. The number of benzene rings is 2. The molecule has 1 amide bonds. The number of anilines is 2. The maximum atomic E-state index is 11.9. The number of nitrogens with two attached hydrogens (primary N) is 1. The Hall–Kier alpha value is -1.98. The van der Waals surface area contributed by atoms with E-state index in [1.54, 1.807) is 11.8 Å². The molecular formula is C15H15N3OS. The van der Waals surface area contributed by atoms with E-state index < -0.39 is 0 Å². The van der Waals surface area contributed by atoms with Gasteiger partial charge in [0.15, 0.2) is 0 Å². The van der Waals surface area contributed by atoms with E-state index in [-0.39, 0.29) is 11.9 Å². The molecule has 0 bridgehead atoms. The quantitative estimate of drug-likeness (QED) is 0.506. The fraction of sp³-hybridized carbons (Fsp3) is 0.133. The molecule has 1 aliphatic rings. The summed E-state index contributed by atoms with van der Waals surface area (Å²) < 4.78 is 0. The molecule has 20 heavy (non-hydrogen) atoms.